The van der Waals surface area contributed by atoms with Gasteiger partial charge in [0.2, 0.25) is 5.91 Å². The number of hydrogen-bond donors (Lipinski definition) is 1. The third-order valence-electron chi connectivity index (χ3n) is 2.27. The van der Waals surface area contributed by atoms with Gasteiger partial charge in [0.1, 0.15) is 0 Å². The van der Waals surface area contributed by atoms with Crippen LogP contribution in [0, 0.1) is 0 Å². The van der Waals surface area contributed by atoms with Gasteiger partial charge in [-0.25, -0.2) is 4.98 Å². The van der Waals surface area contributed by atoms with Crippen LogP contribution in [0.1, 0.15) is 18.2 Å². The molecule has 0 aliphatic rings. The van der Waals surface area contributed by atoms with Gasteiger partial charge in [0.15, 0.2) is 5.13 Å². The van der Waals surface area contributed by atoms with Crippen molar-refractivity contribution in [1.29, 1.82) is 0 Å². The van der Waals surface area contributed by atoms with Crippen molar-refractivity contribution in [2.24, 2.45) is 0 Å². The molecule has 0 saturated carbocycles. The van der Waals surface area contributed by atoms with E-state index in [0.29, 0.717) is 5.13 Å². The van der Waals surface area contributed by atoms with Crippen molar-refractivity contribution in [2.45, 2.75) is 18.4 Å². The number of hydrogen-bond acceptors (Lipinski definition) is 4. The fraction of sp³-hybridized carbons (Fsp3) is 0.231. The Bertz CT molecular complexity index is 554. The number of thiazole rings is 1. The van der Waals surface area contributed by atoms with Crippen molar-refractivity contribution in [1.82, 2.24) is 4.98 Å². The number of benzene rings is 1. The molecule has 0 saturated heterocycles. The topological polar surface area (TPSA) is 42.0 Å². The average molecular weight is 313 g/mol. The zero-order valence-electron chi connectivity index (χ0n) is 10.4. The van der Waals surface area contributed by atoms with Crippen LogP contribution in [0.2, 0.25) is 5.02 Å². The Balaban J connectivity index is 1.80. The van der Waals surface area contributed by atoms with E-state index >= 15 is 0 Å². The molecule has 0 bridgehead atoms. The molecule has 2 rings (SSSR count). The molecule has 0 fully saturated rings. The normalized spacial score (nSPS) is 10.4. The van der Waals surface area contributed by atoms with Crippen molar-refractivity contribution in [3.05, 3.63) is 45.9 Å². The lowest BCUT2D eigenvalue weighted by Gasteiger charge is -2.00. The highest BCUT2D eigenvalue weighted by molar-refractivity contribution is 7.97. The summed E-state index contributed by atoms with van der Waals surface area (Å²) in [5, 5.41) is 6.08. The molecule has 1 amide bonds. The maximum atomic E-state index is 10.9. The molecule has 6 heteroatoms. The molecular formula is C13H13ClN2OS2. The number of amides is 1. The minimum atomic E-state index is -0.0882. The highest BCUT2D eigenvalue weighted by atomic mass is 35.5. The fourth-order valence-corrected chi connectivity index (χ4v) is 3.31. The van der Waals surface area contributed by atoms with Gasteiger partial charge in [-0.15, -0.1) is 11.3 Å². The molecule has 0 aliphatic carbocycles. The van der Waals surface area contributed by atoms with Crippen LogP contribution in [-0.2, 0) is 16.3 Å². The third-order valence-corrected chi connectivity index (χ3v) is 4.36. The average Bonchev–Trinajstić information content (AvgIpc) is 2.78. The zero-order valence-corrected chi connectivity index (χ0v) is 12.7. The predicted octanol–water partition coefficient (Wildman–Crippen LogP) is 4.19. The minimum absolute atomic E-state index is 0.0882. The number of halogens is 1. The van der Waals surface area contributed by atoms with Crippen LogP contribution < -0.4 is 5.32 Å². The van der Waals surface area contributed by atoms with E-state index in [4.69, 9.17) is 11.6 Å². The second-order valence-electron chi connectivity index (χ2n) is 3.94. The van der Waals surface area contributed by atoms with Crippen molar-refractivity contribution >= 4 is 45.7 Å². The molecule has 19 heavy (non-hydrogen) atoms. The monoisotopic (exact) mass is 312 g/mol. The highest BCUT2D eigenvalue weighted by Gasteiger charge is 2.03. The maximum Gasteiger partial charge on any atom is 0.223 e. The molecule has 0 atom stereocenters. The van der Waals surface area contributed by atoms with Crippen molar-refractivity contribution < 1.29 is 4.79 Å². The van der Waals surface area contributed by atoms with E-state index in [1.54, 1.807) is 11.8 Å². The Morgan fingerprint density at radius 1 is 1.37 bits per heavy atom. The third kappa shape index (κ3) is 4.86. The standard InChI is InChI=1S/C13H13ClN2OS2/c1-9(17)15-13-16-12(8-19-13)7-18-6-10-2-4-11(14)5-3-10/h2-5,8H,6-7H2,1H3,(H,15,16,17). The zero-order chi connectivity index (χ0) is 13.7. The first kappa shape index (κ1) is 14.4. The molecule has 0 spiro atoms. The van der Waals surface area contributed by atoms with Gasteiger partial charge in [-0.1, -0.05) is 23.7 Å². The van der Waals surface area contributed by atoms with Gasteiger partial charge < -0.3 is 5.32 Å². The van der Waals surface area contributed by atoms with Crippen LogP contribution in [0.4, 0.5) is 5.13 Å². The highest BCUT2D eigenvalue weighted by Crippen LogP contribution is 2.22. The Morgan fingerprint density at radius 3 is 2.79 bits per heavy atom. The number of anilines is 1. The maximum absolute atomic E-state index is 10.9. The summed E-state index contributed by atoms with van der Waals surface area (Å²) in [6, 6.07) is 7.85. The lowest BCUT2D eigenvalue weighted by Crippen LogP contribution is -2.05. The molecular weight excluding hydrogens is 300 g/mol. The molecule has 1 aromatic carbocycles. The number of nitrogens with one attached hydrogen (secondary N) is 1. The summed E-state index contributed by atoms with van der Waals surface area (Å²) in [4.78, 5) is 15.2. The summed E-state index contributed by atoms with van der Waals surface area (Å²) in [6.07, 6.45) is 0. The quantitative estimate of drug-likeness (QED) is 0.900. The Kier molecular flexibility index (Phi) is 5.24. The number of rotatable bonds is 5. The predicted molar refractivity (Wildman–Crippen MR) is 82.9 cm³/mol. The molecule has 1 heterocycles. The summed E-state index contributed by atoms with van der Waals surface area (Å²) in [5.41, 5.74) is 2.24. The van der Waals surface area contributed by atoms with Gasteiger partial charge in [-0.2, -0.15) is 11.8 Å². The van der Waals surface area contributed by atoms with E-state index in [-0.39, 0.29) is 5.91 Å². The summed E-state index contributed by atoms with van der Waals surface area (Å²) in [6.45, 7) is 1.48. The number of aromatic nitrogens is 1. The summed E-state index contributed by atoms with van der Waals surface area (Å²) >= 11 is 9.07. The van der Waals surface area contributed by atoms with Crippen LogP contribution in [0.5, 0.6) is 0 Å². The largest absolute Gasteiger partial charge is 0.302 e. The van der Waals surface area contributed by atoms with Crippen molar-refractivity contribution in [2.75, 3.05) is 5.32 Å². The van der Waals surface area contributed by atoms with Crippen LogP contribution >= 0.6 is 34.7 Å². The second kappa shape index (κ2) is 6.93. The number of nitrogens with zero attached hydrogens (tertiary/aromatic N) is 1. The lowest BCUT2D eigenvalue weighted by molar-refractivity contribution is -0.114. The van der Waals surface area contributed by atoms with Crippen molar-refractivity contribution in [3.63, 3.8) is 0 Å². The first-order valence-corrected chi connectivity index (χ1v) is 8.09. The molecule has 2 aromatic rings. The van der Waals surface area contributed by atoms with Gasteiger partial charge >= 0.3 is 0 Å². The molecule has 0 radical (unpaired) electrons. The molecule has 0 aliphatic heterocycles. The molecule has 1 aromatic heterocycles. The van der Waals surface area contributed by atoms with E-state index in [2.05, 4.69) is 10.3 Å². The Hall–Kier alpha value is -1.04. The molecule has 100 valence electrons. The van der Waals surface area contributed by atoms with Gasteiger partial charge in [0.25, 0.3) is 0 Å². The summed E-state index contributed by atoms with van der Waals surface area (Å²) in [5.74, 6) is 1.66. The smallest absolute Gasteiger partial charge is 0.223 e. The lowest BCUT2D eigenvalue weighted by atomic mass is 10.2. The molecule has 1 N–H and O–H groups in total. The fourth-order valence-electron chi connectivity index (χ4n) is 1.44. The van der Waals surface area contributed by atoms with E-state index in [0.717, 1.165) is 22.2 Å². The minimum Gasteiger partial charge on any atom is -0.302 e. The Morgan fingerprint density at radius 2 is 2.11 bits per heavy atom. The number of carbonyl (C=O) groups excluding carboxylic acids is 1. The van der Waals surface area contributed by atoms with Gasteiger partial charge in [-0.3, -0.25) is 4.79 Å². The van der Waals surface area contributed by atoms with Gasteiger partial charge in [0.05, 0.1) is 5.69 Å². The van der Waals surface area contributed by atoms with Gasteiger partial charge in [0, 0.05) is 28.8 Å². The van der Waals surface area contributed by atoms with E-state index in [1.165, 1.54) is 23.8 Å². The van der Waals surface area contributed by atoms with E-state index in [1.807, 2.05) is 29.6 Å². The van der Waals surface area contributed by atoms with Crippen LogP contribution in [-0.4, -0.2) is 10.9 Å². The first-order chi connectivity index (χ1) is 9.13. The summed E-state index contributed by atoms with van der Waals surface area (Å²) in [7, 11) is 0. The summed E-state index contributed by atoms with van der Waals surface area (Å²) < 4.78 is 0. The van der Waals surface area contributed by atoms with Gasteiger partial charge in [-0.05, 0) is 17.7 Å². The van der Waals surface area contributed by atoms with Crippen molar-refractivity contribution in [3.8, 4) is 0 Å². The SMILES string of the molecule is CC(=O)Nc1nc(CSCc2ccc(Cl)cc2)cs1. The van der Waals surface area contributed by atoms with E-state index < -0.39 is 0 Å². The molecule has 3 nitrogen and oxygen atoms in total. The number of carbonyl (C=O) groups is 1. The number of thioether (sulfide) groups is 1. The first-order valence-electron chi connectivity index (χ1n) is 5.67. The Labute approximate surface area is 125 Å². The van der Waals surface area contributed by atoms with Crippen LogP contribution in [0.15, 0.2) is 29.6 Å². The second-order valence-corrected chi connectivity index (χ2v) is 6.22. The molecule has 0 unspecified atom stereocenters. The van der Waals surface area contributed by atoms with Crippen LogP contribution in [0.3, 0.4) is 0 Å². The van der Waals surface area contributed by atoms with Crippen LogP contribution in [0.25, 0.3) is 0 Å². The van der Waals surface area contributed by atoms with E-state index in [9.17, 15) is 4.79 Å².